The molecule has 4 heteroatoms. The molecule has 0 saturated carbocycles. The Labute approximate surface area is 100 Å². The third kappa shape index (κ3) is 2.73. The molecule has 3 N–H and O–H groups in total. The Kier molecular flexibility index (Phi) is 3.57. The number of anilines is 2. The van der Waals surface area contributed by atoms with E-state index in [4.69, 9.17) is 10.5 Å². The van der Waals surface area contributed by atoms with E-state index in [0.29, 0.717) is 6.54 Å². The van der Waals surface area contributed by atoms with Gasteiger partial charge in [-0.1, -0.05) is 6.07 Å². The number of hydrogen-bond donors (Lipinski definition) is 2. The van der Waals surface area contributed by atoms with Crippen LogP contribution in [0.2, 0.25) is 0 Å². The van der Waals surface area contributed by atoms with E-state index in [1.54, 1.807) is 19.5 Å². The zero-order valence-electron chi connectivity index (χ0n) is 9.68. The molecule has 0 fully saturated rings. The summed E-state index contributed by atoms with van der Waals surface area (Å²) < 4.78 is 5.17. The summed E-state index contributed by atoms with van der Waals surface area (Å²) in [7, 11) is 1.65. The standard InChI is InChI=1S/C13H15N3O/c1-17-12-4-2-3-11(7-12)16-13-5-6-15-9-10(13)8-14/h2-7,9H,8,14H2,1H3,(H,15,16). The number of hydrogen-bond acceptors (Lipinski definition) is 4. The minimum absolute atomic E-state index is 0.458. The average Bonchev–Trinajstić information content (AvgIpc) is 2.39. The lowest BCUT2D eigenvalue weighted by atomic mass is 10.2. The predicted octanol–water partition coefficient (Wildman–Crippen LogP) is 2.29. The maximum atomic E-state index is 5.66. The van der Waals surface area contributed by atoms with E-state index in [2.05, 4.69) is 10.3 Å². The van der Waals surface area contributed by atoms with E-state index in [9.17, 15) is 0 Å². The van der Waals surface area contributed by atoms with Gasteiger partial charge < -0.3 is 15.8 Å². The molecule has 4 nitrogen and oxygen atoms in total. The van der Waals surface area contributed by atoms with Gasteiger partial charge in [0.25, 0.3) is 0 Å². The monoisotopic (exact) mass is 229 g/mol. The molecule has 0 bridgehead atoms. The van der Waals surface area contributed by atoms with Crippen LogP contribution >= 0.6 is 0 Å². The van der Waals surface area contributed by atoms with E-state index in [-0.39, 0.29) is 0 Å². The molecule has 0 atom stereocenters. The minimum Gasteiger partial charge on any atom is -0.497 e. The largest absolute Gasteiger partial charge is 0.497 e. The van der Waals surface area contributed by atoms with Crippen LogP contribution in [0.1, 0.15) is 5.56 Å². The number of nitrogens with two attached hydrogens (primary N) is 1. The fourth-order valence-electron chi connectivity index (χ4n) is 1.57. The average molecular weight is 229 g/mol. The Bertz CT molecular complexity index is 500. The molecule has 0 saturated heterocycles. The minimum atomic E-state index is 0.458. The highest BCUT2D eigenvalue weighted by molar-refractivity contribution is 5.63. The molecule has 1 heterocycles. The van der Waals surface area contributed by atoms with Crippen molar-refractivity contribution in [3.05, 3.63) is 48.3 Å². The fraction of sp³-hybridized carbons (Fsp3) is 0.154. The molecule has 1 aromatic heterocycles. The first-order valence-corrected chi connectivity index (χ1v) is 5.37. The smallest absolute Gasteiger partial charge is 0.120 e. The van der Waals surface area contributed by atoms with E-state index in [0.717, 1.165) is 22.7 Å². The third-order valence-electron chi connectivity index (χ3n) is 2.47. The number of ether oxygens (including phenoxy) is 1. The maximum Gasteiger partial charge on any atom is 0.120 e. The molecule has 0 unspecified atom stereocenters. The fourth-order valence-corrected chi connectivity index (χ4v) is 1.57. The Hall–Kier alpha value is -2.07. The van der Waals surface area contributed by atoms with Crippen LogP contribution in [0.15, 0.2) is 42.7 Å². The van der Waals surface area contributed by atoms with Crippen molar-refractivity contribution >= 4 is 11.4 Å². The van der Waals surface area contributed by atoms with E-state index < -0.39 is 0 Å². The van der Waals surface area contributed by atoms with Crippen LogP contribution in [0.5, 0.6) is 5.75 Å². The summed E-state index contributed by atoms with van der Waals surface area (Å²) in [5, 5.41) is 3.30. The number of benzene rings is 1. The molecule has 0 aliphatic rings. The highest BCUT2D eigenvalue weighted by Crippen LogP contribution is 2.22. The second-order valence-corrected chi connectivity index (χ2v) is 3.59. The Morgan fingerprint density at radius 3 is 3.00 bits per heavy atom. The zero-order chi connectivity index (χ0) is 12.1. The molecular formula is C13H15N3O. The van der Waals surface area contributed by atoms with Crippen molar-refractivity contribution in [3.63, 3.8) is 0 Å². The van der Waals surface area contributed by atoms with Gasteiger partial charge in [-0.25, -0.2) is 0 Å². The molecule has 88 valence electrons. The summed E-state index contributed by atoms with van der Waals surface area (Å²) in [6.07, 6.45) is 3.50. The normalized spacial score (nSPS) is 10.0. The summed E-state index contributed by atoms with van der Waals surface area (Å²) in [4.78, 5) is 4.05. The van der Waals surface area contributed by atoms with Crippen LogP contribution in [-0.4, -0.2) is 12.1 Å². The van der Waals surface area contributed by atoms with Gasteiger partial charge in [0.2, 0.25) is 0 Å². The van der Waals surface area contributed by atoms with E-state index in [1.807, 2.05) is 30.3 Å². The molecule has 0 spiro atoms. The number of nitrogens with one attached hydrogen (secondary N) is 1. The third-order valence-corrected chi connectivity index (χ3v) is 2.47. The van der Waals surface area contributed by atoms with Crippen molar-refractivity contribution in [1.82, 2.24) is 4.98 Å². The highest BCUT2D eigenvalue weighted by atomic mass is 16.5. The number of methoxy groups -OCH3 is 1. The Balaban J connectivity index is 2.24. The Morgan fingerprint density at radius 1 is 1.35 bits per heavy atom. The van der Waals surface area contributed by atoms with E-state index >= 15 is 0 Å². The number of rotatable bonds is 4. The molecular weight excluding hydrogens is 214 g/mol. The first-order valence-electron chi connectivity index (χ1n) is 5.37. The molecule has 0 amide bonds. The van der Waals surface area contributed by atoms with Crippen LogP contribution in [0.25, 0.3) is 0 Å². The van der Waals surface area contributed by atoms with E-state index in [1.165, 1.54) is 0 Å². The van der Waals surface area contributed by atoms with Gasteiger partial charge in [-0.3, -0.25) is 4.98 Å². The first-order chi connectivity index (χ1) is 8.33. The van der Waals surface area contributed by atoms with Crippen LogP contribution in [0.3, 0.4) is 0 Å². The van der Waals surface area contributed by atoms with Crippen molar-refractivity contribution in [2.45, 2.75) is 6.54 Å². The Morgan fingerprint density at radius 2 is 2.24 bits per heavy atom. The summed E-state index contributed by atoms with van der Waals surface area (Å²) in [6, 6.07) is 9.65. The zero-order valence-corrected chi connectivity index (χ0v) is 9.68. The molecule has 2 rings (SSSR count). The SMILES string of the molecule is COc1cccc(Nc2ccncc2CN)c1. The van der Waals surface area contributed by atoms with Crippen molar-refractivity contribution in [2.75, 3.05) is 12.4 Å². The quantitative estimate of drug-likeness (QED) is 0.844. The van der Waals surface area contributed by atoms with Gasteiger partial charge in [-0.05, 0) is 18.2 Å². The highest BCUT2D eigenvalue weighted by Gasteiger charge is 2.01. The lowest BCUT2D eigenvalue weighted by molar-refractivity contribution is 0.415. The number of aromatic nitrogens is 1. The lowest BCUT2D eigenvalue weighted by Crippen LogP contribution is -2.02. The summed E-state index contributed by atoms with van der Waals surface area (Å²) >= 11 is 0. The van der Waals surface area contributed by atoms with Gasteiger partial charge >= 0.3 is 0 Å². The van der Waals surface area contributed by atoms with Crippen molar-refractivity contribution in [3.8, 4) is 5.75 Å². The van der Waals surface area contributed by atoms with Gasteiger partial charge in [0.1, 0.15) is 5.75 Å². The lowest BCUT2D eigenvalue weighted by Gasteiger charge is -2.11. The maximum absolute atomic E-state index is 5.66. The second-order valence-electron chi connectivity index (χ2n) is 3.59. The number of pyridine rings is 1. The van der Waals surface area contributed by atoms with Gasteiger partial charge in [0.05, 0.1) is 7.11 Å². The van der Waals surface area contributed by atoms with Gasteiger partial charge in [-0.2, -0.15) is 0 Å². The molecule has 0 aliphatic heterocycles. The summed E-state index contributed by atoms with van der Waals surface area (Å²) in [5.41, 5.74) is 8.57. The van der Waals surface area contributed by atoms with Crippen molar-refractivity contribution in [1.29, 1.82) is 0 Å². The molecule has 17 heavy (non-hydrogen) atoms. The summed E-state index contributed by atoms with van der Waals surface area (Å²) in [5.74, 6) is 0.818. The van der Waals surface area contributed by atoms with Gasteiger partial charge in [-0.15, -0.1) is 0 Å². The predicted molar refractivity (Wildman–Crippen MR) is 68.4 cm³/mol. The molecule has 1 aromatic carbocycles. The topological polar surface area (TPSA) is 60.2 Å². The van der Waals surface area contributed by atoms with Crippen LogP contribution in [0.4, 0.5) is 11.4 Å². The second kappa shape index (κ2) is 5.32. The van der Waals surface area contributed by atoms with Crippen LogP contribution in [-0.2, 0) is 6.54 Å². The van der Waals surface area contributed by atoms with Gasteiger partial charge in [0, 0.05) is 41.9 Å². The van der Waals surface area contributed by atoms with Crippen LogP contribution in [0, 0.1) is 0 Å². The van der Waals surface area contributed by atoms with Crippen molar-refractivity contribution in [2.24, 2.45) is 5.73 Å². The van der Waals surface area contributed by atoms with Crippen LogP contribution < -0.4 is 15.8 Å². The summed E-state index contributed by atoms with van der Waals surface area (Å²) in [6.45, 7) is 0.458. The molecule has 0 radical (unpaired) electrons. The first kappa shape index (κ1) is 11.4. The molecule has 0 aliphatic carbocycles. The molecule has 2 aromatic rings. The van der Waals surface area contributed by atoms with Crippen molar-refractivity contribution < 1.29 is 4.74 Å². The van der Waals surface area contributed by atoms with Gasteiger partial charge in [0.15, 0.2) is 0 Å². The number of nitrogens with zero attached hydrogens (tertiary/aromatic N) is 1.